The van der Waals surface area contributed by atoms with E-state index in [9.17, 15) is 13.2 Å². The van der Waals surface area contributed by atoms with E-state index < -0.39 is 11.7 Å². The number of hydrogen-bond acceptors (Lipinski definition) is 2. The SMILES string of the molecule is CN(c1ccc(N)cc1)c1ccc(C(F)(F)F)c(Cl)c1. The molecule has 0 amide bonds. The highest BCUT2D eigenvalue weighted by Gasteiger charge is 2.33. The first-order valence-electron chi connectivity index (χ1n) is 5.75. The Labute approximate surface area is 119 Å². The molecule has 6 heteroatoms. The van der Waals surface area contributed by atoms with Gasteiger partial charge in [0.05, 0.1) is 10.6 Å². The van der Waals surface area contributed by atoms with Crippen LogP contribution < -0.4 is 10.6 Å². The molecule has 106 valence electrons. The number of nitrogen functional groups attached to an aromatic ring is 1. The van der Waals surface area contributed by atoms with E-state index in [4.69, 9.17) is 17.3 Å². The number of nitrogens with zero attached hydrogens (tertiary/aromatic N) is 1. The minimum absolute atomic E-state index is 0.322. The number of alkyl halides is 3. The Kier molecular flexibility index (Phi) is 3.81. The molecule has 0 aliphatic carbocycles. The number of nitrogens with two attached hydrogens (primary N) is 1. The monoisotopic (exact) mass is 300 g/mol. The van der Waals surface area contributed by atoms with E-state index in [-0.39, 0.29) is 5.02 Å². The van der Waals surface area contributed by atoms with Gasteiger partial charge in [0.1, 0.15) is 0 Å². The topological polar surface area (TPSA) is 29.3 Å². The highest BCUT2D eigenvalue weighted by molar-refractivity contribution is 6.31. The lowest BCUT2D eigenvalue weighted by Crippen LogP contribution is -2.11. The predicted octanol–water partition coefficient (Wildman–Crippen LogP) is 4.71. The third kappa shape index (κ3) is 2.99. The predicted molar refractivity (Wildman–Crippen MR) is 75.4 cm³/mol. The molecule has 2 N–H and O–H groups in total. The highest BCUT2D eigenvalue weighted by Crippen LogP contribution is 2.37. The standard InChI is InChI=1S/C14H12ClF3N2/c1-20(10-4-2-9(19)3-5-10)11-6-7-12(13(15)8-11)14(16,17)18/h2-8H,19H2,1H3. The first-order valence-corrected chi connectivity index (χ1v) is 6.13. The van der Waals surface area contributed by atoms with Crippen molar-refractivity contribution in [2.24, 2.45) is 0 Å². The summed E-state index contributed by atoms with van der Waals surface area (Å²) in [5, 5.41) is -0.322. The molecule has 0 heterocycles. The second-order valence-electron chi connectivity index (χ2n) is 4.31. The van der Waals surface area contributed by atoms with Crippen molar-refractivity contribution in [3.05, 3.63) is 53.1 Å². The third-order valence-corrected chi connectivity index (χ3v) is 3.24. The summed E-state index contributed by atoms with van der Waals surface area (Å²) < 4.78 is 37.9. The zero-order valence-corrected chi connectivity index (χ0v) is 11.3. The largest absolute Gasteiger partial charge is 0.417 e. The summed E-state index contributed by atoms with van der Waals surface area (Å²) in [4.78, 5) is 1.73. The van der Waals surface area contributed by atoms with E-state index in [2.05, 4.69) is 0 Å². The highest BCUT2D eigenvalue weighted by atomic mass is 35.5. The lowest BCUT2D eigenvalue weighted by Gasteiger charge is -2.21. The van der Waals surface area contributed by atoms with Gasteiger partial charge in [-0.05, 0) is 42.5 Å². The fourth-order valence-corrected chi connectivity index (χ4v) is 2.07. The third-order valence-electron chi connectivity index (χ3n) is 2.93. The van der Waals surface area contributed by atoms with E-state index in [1.165, 1.54) is 12.1 Å². The Balaban J connectivity index is 2.34. The first-order chi connectivity index (χ1) is 9.29. The van der Waals surface area contributed by atoms with Gasteiger partial charge in [-0.15, -0.1) is 0 Å². The second kappa shape index (κ2) is 5.25. The summed E-state index contributed by atoms with van der Waals surface area (Å²) in [7, 11) is 1.74. The van der Waals surface area contributed by atoms with Crippen LogP contribution in [0.15, 0.2) is 42.5 Å². The second-order valence-corrected chi connectivity index (χ2v) is 4.72. The van der Waals surface area contributed by atoms with Crippen molar-refractivity contribution in [3.63, 3.8) is 0 Å². The molecule has 0 fully saturated rings. The number of anilines is 3. The zero-order valence-electron chi connectivity index (χ0n) is 10.6. The number of benzene rings is 2. The summed E-state index contributed by atoms with van der Waals surface area (Å²) in [6.07, 6.45) is -4.45. The fraction of sp³-hybridized carbons (Fsp3) is 0.143. The number of hydrogen-bond donors (Lipinski definition) is 1. The minimum Gasteiger partial charge on any atom is -0.399 e. The molecular formula is C14H12ClF3N2. The average molecular weight is 301 g/mol. The molecular weight excluding hydrogens is 289 g/mol. The molecule has 0 aromatic heterocycles. The molecule has 0 unspecified atom stereocenters. The Morgan fingerprint density at radius 1 is 1.00 bits per heavy atom. The van der Waals surface area contributed by atoms with Crippen molar-refractivity contribution in [1.82, 2.24) is 0 Å². The summed E-state index contributed by atoms with van der Waals surface area (Å²) in [5.74, 6) is 0. The number of rotatable bonds is 2. The molecule has 0 saturated carbocycles. The van der Waals surface area contributed by atoms with Gasteiger partial charge in [-0.3, -0.25) is 0 Å². The minimum atomic E-state index is -4.45. The van der Waals surface area contributed by atoms with Gasteiger partial charge in [0, 0.05) is 24.1 Å². The number of halogens is 4. The molecule has 0 spiro atoms. The van der Waals surface area contributed by atoms with E-state index >= 15 is 0 Å². The molecule has 0 aliphatic rings. The average Bonchev–Trinajstić information content (AvgIpc) is 2.37. The quantitative estimate of drug-likeness (QED) is 0.814. The van der Waals surface area contributed by atoms with Gasteiger partial charge in [0.15, 0.2) is 0 Å². The van der Waals surface area contributed by atoms with Gasteiger partial charge in [0.25, 0.3) is 0 Å². The van der Waals surface area contributed by atoms with Crippen LogP contribution in [0.4, 0.5) is 30.2 Å². The molecule has 0 atom stereocenters. The maximum Gasteiger partial charge on any atom is 0.417 e. The van der Waals surface area contributed by atoms with Crippen molar-refractivity contribution in [1.29, 1.82) is 0 Å². The van der Waals surface area contributed by atoms with Gasteiger partial charge in [0.2, 0.25) is 0 Å². The maximum absolute atomic E-state index is 12.6. The maximum atomic E-state index is 12.6. The van der Waals surface area contributed by atoms with Crippen molar-refractivity contribution < 1.29 is 13.2 Å². The Hall–Kier alpha value is -1.88. The van der Waals surface area contributed by atoms with E-state index in [0.29, 0.717) is 11.4 Å². The lowest BCUT2D eigenvalue weighted by atomic mass is 10.1. The van der Waals surface area contributed by atoms with Crippen LogP contribution >= 0.6 is 11.6 Å². The van der Waals surface area contributed by atoms with Crippen LogP contribution in [0.2, 0.25) is 5.02 Å². The van der Waals surface area contributed by atoms with Crippen LogP contribution in [0.5, 0.6) is 0 Å². The molecule has 0 bridgehead atoms. The first kappa shape index (κ1) is 14.5. The van der Waals surface area contributed by atoms with Crippen LogP contribution in [0, 0.1) is 0 Å². The summed E-state index contributed by atoms with van der Waals surface area (Å²) in [5.41, 5.74) is 6.74. The summed E-state index contributed by atoms with van der Waals surface area (Å²) in [6.45, 7) is 0. The molecule has 2 nitrogen and oxygen atoms in total. The van der Waals surface area contributed by atoms with Crippen LogP contribution in [0.1, 0.15) is 5.56 Å². The van der Waals surface area contributed by atoms with Crippen LogP contribution in [-0.2, 0) is 6.18 Å². The molecule has 2 rings (SSSR count). The normalized spacial score (nSPS) is 11.4. The van der Waals surface area contributed by atoms with Gasteiger partial charge >= 0.3 is 6.18 Å². The molecule has 20 heavy (non-hydrogen) atoms. The molecule has 0 saturated heterocycles. The van der Waals surface area contributed by atoms with Gasteiger partial charge in [-0.1, -0.05) is 11.6 Å². The van der Waals surface area contributed by atoms with Crippen molar-refractivity contribution in [3.8, 4) is 0 Å². The van der Waals surface area contributed by atoms with Crippen molar-refractivity contribution >= 4 is 28.7 Å². The Morgan fingerprint density at radius 3 is 2.05 bits per heavy atom. The van der Waals surface area contributed by atoms with E-state index in [1.807, 2.05) is 0 Å². The van der Waals surface area contributed by atoms with Crippen LogP contribution in [0.25, 0.3) is 0 Å². The van der Waals surface area contributed by atoms with E-state index in [1.54, 1.807) is 36.2 Å². The molecule has 2 aromatic carbocycles. The zero-order chi connectivity index (χ0) is 14.9. The molecule has 2 aromatic rings. The van der Waals surface area contributed by atoms with Gasteiger partial charge < -0.3 is 10.6 Å². The Bertz CT molecular complexity index is 609. The van der Waals surface area contributed by atoms with Crippen molar-refractivity contribution in [2.45, 2.75) is 6.18 Å². The molecule has 0 aliphatic heterocycles. The Morgan fingerprint density at radius 2 is 1.55 bits per heavy atom. The summed E-state index contributed by atoms with van der Waals surface area (Å²) in [6, 6.07) is 10.6. The smallest absolute Gasteiger partial charge is 0.399 e. The fourth-order valence-electron chi connectivity index (χ4n) is 1.79. The van der Waals surface area contributed by atoms with Crippen LogP contribution in [0.3, 0.4) is 0 Å². The van der Waals surface area contributed by atoms with Crippen LogP contribution in [-0.4, -0.2) is 7.05 Å². The van der Waals surface area contributed by atoms with Gasteiger partial charge in [-0.25, -0.2) is 0 Å². The van der Waals surface area contributed by atoms with Crippen molar-refractivity contribution in [2.75, 3.05) is 17.7 Å². The lowest BCUT2D eigenvalue weighted by molar-refractivity contribution is -0.137. The van der Waals surface area contributed by atoms with E-state index in [0.717, 1.165) is 11.8 Å². The van der Waals surface area contributed by atoms with Gasteiger partial charge in [-0.2, -0.15) is 13.2 Å². The molecule has 0 radical (unpaired) electrons. The summed E-state index contributed by atoms with van der Waals surface area (Å²) >= 11 is 5.70.